The van der Waals surface area contributed by atoms with Gasteiger partial charge in [0, 0.05) is 5.75 Å². The topological polar surface area (TPSA) is 52.6 Å². The quantitative estimate of drug-likeness (QED) is 0.386. The molecular weight excluding hydrogens is 252 g/mol. The highest BCUT2D eigenvalue weighted by atomic mass is 32.2. The summed E-state index contributed by atoms with van der Waals surface area (Å²) in [5.74, 6) is -0.0431. The van der Waals surface area contributed by atoms with E-state index in [0.29, 0.717) is 11.3 Å². The van der Waals surface area contributed by atoms with Gasteiger partial charge in [-0.2, -0.15) is 11.8 Å². The fourth-order valence-corrected chi connectivity index (χ4v) is 2.43. The van der Waals surface area contributed by atoms with Crippen LogP contribution in [0.2, 0.25) is 0 Å². The first-order chi connectivity index (χ1) is 8.47. The molecule has 0 aliphatic rings. The van der Waals surface area contributed by atoms with Gasteiger partial charge in [0.25, 0.3) is 0 Å². The molecule has 0 aliphatic carbocycles. The highest BCUT2D eigenvalue weighted by molar-refractivity contribution is 7.99. The number of carbonyl (C=O) groups is 2. The van der Waals surface area contributed by atoms with Crippen molar-refractivity contribution in [1.82, 2.24) is 0 Å². The van der Waals surface area contributed by atoms with Gasteiger partial charge in [-0.05, 0) is 26.5 Å². The van der Waals surface area contributed by atoms with Gasteiger partial charge in [0.05, 0.1) is 13.2 Å². The molecule has 4 nitrogen and oxygen atoms in total. The van der Waals surface area contributed by atoms with Crippen LogP contribution in [0.1, 0.15) is 27.7 Å². The van der Waals surface area contributed by atoms with Crippen molar-refractivity contribution in [1.29, 1.82) is 0 Å². The van der Waals surface area contributed by atoms with Crippen molar-refractivity contribution < 1.29 is 19.1 Å². The number of ether oxygens (including phenoxy) is 2. The minimum atomic E-state index is -1.38. The molecule has 0 rings (SSSR count). The van der Waals surface area contributed by atoms with E-state index < -0.39 is 17.4 Å². The third-order valence-corrected chi connectivity index (χ3v) is 3.54. The Morgan fingerprint density at radius 1 is 1.11 bits per heavy atom. The van der Waals surface area contributed by atoms with Crippen LogP contribution in [0.15, 0.2) is 12.2 Å². The second kappa shape index (κ2) is 8.19. The summed E-state index contributed by atoms with van der Waals surface area (Å²) >= 11 is 1.49. The largest absolute Gasteiger partial charge is 0.465 e. The minimum absolute atomic E-state index is 0.226. The number of carbonyl (C=O) groups excluding carboxylic acids is 2. The molecule has 0 aromatic carbocycles. The Labute approximate surface area is 113 Å². The van der Waals surface area contributed by atoms with Crippen LogP contribution in [0.4, 0.5) is 0 Å². The normalized spacial score (nSPS) is 10.9. The lowest BCUT2D eigenvalue weighted by atomic mass is 9.83. The van der Waals surface area contributed by atoms with E-state index in [4.69, 9.17) is 9.47 Å². The summed E-state index contributed by atoms with van der Waals surface area (Å²) in [4.78, 5) is 24.3. The van der Waals surface area contributed by atoms with E-state index in [1.807, 2.05) is 6.92 Å². The Kier molecular flexibility index (Phi) is 7.75. The summed E-state index contributed by atoms with van der Waals surface area (Å²) < 4.78 is 10.0. The molecule has 0 bridgehead atoms. The maximum atomic E-state index is 12.1. The minimum Gasteiger partial charge on any atom is -0.465 e. The molecule has 5 heteroatoms. The monoisotopic (exact) mass is 274 g/mol. The van der Waals surface area contributed by atoms with Crippen molar-refractivity contribution in [3.8, 4) is 0 Å². The summed E-state index contributed by atoms with van der Waals surface area (Å²) in [5.41, 5.74) is -0.924. The first-order valence-corrected chi connectivity index (χ1v) is 7.20. The van der Waals surface area contributed by atoms with Gasteiger partial charge in [0.15, 0.2) is 5.41 Å². The lowest BCUT2D eigenvalue weighted by molar-refractivity contribution is -0.167. The zero-order valence-electron chi connectivity index (χ0n) is 11.6. The Hall–Kier alpha value is -0.970. The van der Waals surface area contributed by atoms with Crippen molar-refractivity contribution in [3.05, 3.63) is 12.2 Å². The Bertz CT molecular complexity index is 294. The first-order valence-electron chi connectivity index (χ1n) is 6.05. The molecule has 0 fully saturated rings. The molecule has 0 atom stereocenters. The Morgan fingerprint density at radius 3 is 1.83 bits per heavy atom. The molecule has 0 spiro atoms. The molecule has 0 heterocycles. The van der Waals surface area contributed by atoms with Gasteiger partial charge >= 0.3 is 11.9 Å². The molecule has 18 heavy (non-hydrogen) atoms. The molecule has 0 amide bonds. The fourth-order valence-electron chi connectivity index (χ4n) is 1.44. The molecule has 0 aliphatic heterocycles. The average Bonchev–Trinajstić information content (AvgIpc) is 2.30. The number of esters is 2. The van der Waals surface area contributed by atoms with Crippen LogP contribution in [-0.4, -0.2) is 36.7 Å². The third kappa shape index (κ3) is 3.77. The van der Waals surface area contributed by atoms with E-state index in [0.717, 1.165) is 5.75 Å². The van der Waals surface area contributed by atoms with Gasteiger partial charge in [0.2, 0.25) is 0 Å². The molecule has 0 N–H and O–H groups in total. The van der Waals surface area contributed by atoms with Crippen molar-refractivity contribution >= 4 is 23.7 Å². The predicted molar refractivity (Wildman–Crippen MR) is 73.5 cm³/mol. The van der Waals surface area contributed by atoms with Crippen LogP contribution in [0.5, 0.6) is 0 Å². The Balaban J connectivity index is 5.34. The summed E-state index contributed by atoms with van der Waals surface area (Å²) in [5, 5.41) is 0. The molecule has 0 aromatic heterocycles. The maximum Gasteiger partial charge on any atom is 0.328 e. The molecule has 104 valence electrons. The van der Waals surface area contributed by atoms with E-state index >= 15 is 0 Å². The van der Waals surface area contributed by atoms with Crippen molar-refractivity contribution in [2.24, 2.45) is 5.41 Å². The van der Waals surface area contributed by atoms with Crippen molar-refractivity contribution in [3.63, 3.8) is 0 Å². The SMILES string of the molecule is C=C(C)C(CSCC)(C(=O)OCC)C(=O)OCC. The number of hydrogen-bond donors (Lipinski definition) is 0. The average molecular weight is 274 g/mol. The van der Waals surface area contributed by atoms with E-state index in [-0.39, 0.29) is 13.2 Å². The van der Waals surface area contributed by atoms with Crippen LogP contribution < -0.4 is 0 Å². The molecule has 0 unspecified atom stereocenters. The number of thioether (sulfide) groups is 1. The van der Waals surface area contributed by atoms with Crippen LogP contribution >= 0.6 is 11.8 Å². The second-order valence-corrected chi connectivity index (χ2v) is 5.04. The van der Waals surface area contributed by atoms with Crippen LogP contribution in [0.25, 0.3) is 0 Å². The van der Waals surface area contributed by atoms with Gasteiger partial charge in [0.1, 0.15) is 0 Å². The van der Waals surface area contributed by atoms with Gasteiger partial charge < -0.3 is 9.47 Å². The lowest BCUT2D eigenvalue weighted by Crippen LogP contribution is -2.45. The van der Waals surface area contributed by atoms with Crippen LogP contribution in [0.3, 0.4) is 0 Å². The highest BCUT2D eigenvalue weighted by Gasteiger charge is 2.49. The van der Waals surface area contributed by atoms with E-state index in [1.165, 1.54) is 11.8 Å². The number of rotatable bonds is 8. The van der Waals surface area contributed by atoms with Gasteiger partial charge in [-0.3, -0.25) is 9.59 Å². The number of hydrogen-bond acceptors (Lipinski definition) is 5. The Morgan fingerprint density at radius 2 is 1.56 bits per heavy atom. The molecule has 0 radical (unpaired) electrons. The summed E-state index contributed by atoms with van der Waals surface area (Å²) in [6, 6.07) is 0. The zero-order valence-corrected chi connectivity index (χ0v) is 12.4. The van der Waals surface area contributed by atoms with Crippen LogP contribution in [0, 0.1) is 5.41 Å². The second-order valence-electron chi connectivity index (χ2n) is 3.76. The van der Waals surface area contributed by atoms with E-state index in [9.17, 15) is 9.59 Å². The molecular formula is C13H22O4S. The summed E-state index contributed by atoms with van der Waals surface area (Å²) in [7, 11) is 0. The zero-order chi connectivity index (χ0) is 14.2. The van der Waals surface area contributed by atoms with E-state index in [2.05, 4.69) is 6.58 Å². The molecule has 0 saturated carbocycles. The summed E-state index contributed by atoms with van der Waals surface area (Å²) in [6.45, 7) is 11.3. The predicted octanol–water partition coefficient (Wildman–Crippen LogP) is 2.43. The smallest absolute Gasteiger partial charge is 0.328 e. The lowest BCUT2D eigenvalue weighted by Gasteiger charge is -2.29. The van der Waals surface area contributed by atoms with Gasteiger partial charge in [-0.1, -0.05) is 19.1 Å². The maximum absolute atomic E-state index is 12.1. The van der Waals surface area contributed by atoms with Gasteiger partial charge in [-0.25, -0.2) is 0 Å². The third-order valence-electron chi connectivity index (χ3n) is 2.50. The summed E-state index contributed by atoms with van der Waals surface area (Å²) in [6.07, 6.45) is 0. The fraction of sp³-hybridized carbons (Fsp3) is 0.692. The van der Waals surface area contributed by atoms with Crippen molar-refractivity contribution in [2.45, 2.75) is 27.7 Å². The molecule has 0 saturated heterocycles. The van der Waals surface area contributed by atoms with Crippen molar-refractivity contribution in [2.75, 3.05) is 24.7 Å². The highest BCUT2D eigenvalue weighted by Crippen LogP contribution is 2.34. The van der Waals surface area contributed by atoms with E-state index in [1.54, 1.807) is 20.8 Å². The van der Waals surface area contributed by atoms with Gasteiger partial charge in [-0.15, -0.1) is 0 Å². The first kappa shape index (κ1) is 17.0. The standard InChI is InChI=1S/C13H22O4S/c1-6-16-11(14)13(10(4)5,9-18-8-3)12(15)17-7-2/h4,6-9H2,1-3,5H3. The molecule has 0 aromatic rings. The van der Waals surface area contributed by atoms with Crippen LogP contribution in [-0.2, 0) is 19.1 Å².